The molecular formula is C24H50O7Si3. The summed E-state index contributed by atoms with van der Waals surface area (Å²) in [6.07, 6.45) is 4.67. The summed E-state index contributed by atoms with van der Waals surface area (Å²) < 4.78 is 35.3. The van der Waals surface area contributed by atoms with Crippen LogP contribution in [0.1, 0.15) is 39.5 Å². The summed E-state index contributed by atoms with van der Waals surface area (Å²) in [5, 5.41) is 0. The molecule has 1 fully saturated rings. The number of ether oxygens (including phenoxy) is 4. The van der Waals surface area contributed by atoms with Gasteiger partial charge in [-0.15, -0.1) is 0 Å². The minimum Gasteiger partial charge on any atom is -0.460 e. The van der Waals surface area contributed by atoms with Gasteiger partial charge in [0.25, 0.3) is 0 Å². The topological polar surface area (TPSA) is 75.8 Å². The molecule has 10 heteroatoms. The molecule has 200 valence electrons. The van der Waals surface area contributed by atoms with Crippen molar-refractivity contribution in [2.75, 3.05) is 39.6 Å². The lowest BCUT2D eigenvalue weighted by Crippen LogP contribution is -2.53. The molecule has 34 heavy (non-hydrogen) atoms. The molecule has 0 amide bonds. The van der Waals surface area contributed by atoms with Crippen LogP contribution in [-0.4, -0.2) is 76.9 Å². The van der Waals surface area contributed by atoms with E-state index in [4.69, 9.17) is 27.2 Å². The van der Waals surface area contributed by atoms with E-state index in [2.05, 4.69) is 46.2 Å². The van der Waals surface area contributed by atoms with Crippen LogP contribution in [0, 0.1) is 0 Å². The number of epoxide rings is 1. The molecule has 0 aliphatic carbocycles. The highest BCUT2D eigenvalue weighted by molar-refractivity contribution is 6.88. The van der Waals surface area contributed by atoms with Gasteiger partial charge in [0.2, 0.25) is 0 Å². The third kappa shape index (κ3) is 15.6. The molecular weight excluding hydrogens is 485 g/mol. The van der Waals surface area contributed by atoms with Gasteiger partial charge in [-0.05, 0) is 70.6 Å². The Bertz CT molecular complexity index is 611. The average Bonchev–Trinajstić information content (AvgIpc) is 3.54. The Balaban J connectivity index is 2.41. The van der Waals surface area contributed by atoms with Crippen LogP contribution in [0.4, 0.5) is 0 Å². The van der Waals surface area contributed by atoms with Crippen molar-refractivity contribution in [1.29, 1.82) is 0 Å². The van der Waals surface area contributed by atoms with Crippen LogP contribution in [0.5, 0.6) is 0 Å². The number of rotatable bonds is 21. The maximum absolute atomic E-state index is 11.4. The second kappa shape index (κ2) is 15.7. The maximum atomic E-state index is 11.4. The Kier molecular flexibility index (Phi) is 14.6. The Morgan fingerprint density at radius 2 is 1.53 bits per heavy atom. The molecule has 0 saturated carbocycles. The van der Waals surface area contributed by atoms with Crippen LogP contribution in [0.25, 0.3) is 0 Å². The largest absolute Gasteiger partial charge is 0.460 e. The fraction of sp³-hybridized carbons (Fsp3) is 0.875. The first kappa shape index (κ1) is 31.7. The van der Waals surface area contributed by atoms with E-state index in [1.165, 1.54) is 12.8 Å². The van der Waals surface area contributed by atoms with Crippen LogP contribution in [0.3, 0.4) is 0 Å². The number of hydrogen-bond donors (Lipinski definition) is 0. The van der Waals surface area contributed by atoms with Crippen molar-refractivity contribution in [2.45, 2.75) is 96.5 Å². The van der Waals surface area contributed by atoms with Crippen molar-refractivity contribution in [3.63, 3.8) is 0 Å². The summed E-state index contributed by atoms with van der Waals surface area (Å²) >= 11 is 0. The van der Waals surface area contributed by atoms with Gasteiger partial charge in [0.15, 0.2) is 16.6 Å². The van der Waals surface area contributed by atoms with Crippen molar-refractivity contribution < 1.29 is 32.0 Å². The number of hydrogen-bond acceptors (Lipinski definition) is 7. The molecule has 2 unspecified atom stereocenters. The molecule has 1 rings (SSSR count). The normalized spacial score (nSPS) is 17.9. The molecule has 0 aromatic rings. The highest BCUT2D eigenvalue weighted by Crippen LogP contribution is 2.29. The molecule has 1 aliphatic rings. The predicted octanol–water partition coefficient (Wildman–Crippen LogP) is 5.63. The van der Waals surface area contributed by atoms with Gasteiger partial charge in [0.05, 0.1) is 19.8 Å². The first-order chi connectivity index (χ1) is 15.9. The van der Waals surface area contributed by atoms with E-state index in [0.717, 1.165) is 50.8 Å². The van der Waals surface area contributed by atoms with Gasteiger partial charge in [-0.1, -0.05) is 26.3 Å². The number of unbranched alkanes of at least 4 members (excludes halogenated alkanes) is 1. The van der Waals surface area contributed by atoms with Crippen molar-refractivity contribution >= 4 is 31.2 Å². The smallest absolute Gasteiger partial charge is 0.333 e. The summed E-state index contributed by atoms with van der Waals surface area (Å²) in [5.41, 5.74) is 0.409. The fourth-order valence-electron chi connectivity index (χ4n) is 4.05. The highest BCUT2D eigenvalue weighted by Gasteiger charge is 2.41. The minimum absolute atomic E-state index is 0.264. The van der Waals surface area contributed by atoms with Crippen molar-refractivity contribution in [2.24, 2.45) is 0 Å². The van der Waals surface area contributed by atoms with Gasteiger partial charge in [-0.3, -0.25) is 0 Å². The monoisotopic (exact) mass is 534 g/mol. The maximum Gasteiger partial charge on any atom is 0.333 e. The molecule has 0 N–H and O–H groups in total. The molecule has 1 aliphatic heterocycles. The minimum atomic E-state index is -2.25. The van der Waals surface area contributed by atoms with Crippen LogP contribution < -0.4 is 0 Å². The summed E-state index contributed by atoms with van der Waals surface area (Å²) in [5.74, 6) is -0.365. The molecule has 0 aromatic carbocycles. The van der Waals surface area contributed by atoms with Gasteiger partial charge in [0, 0.05) is 18.8 Å². The van der Waals surface area contributed by atoms with Crippen LogP contribution in [0.15, 0.2) is 12.2 Å². The lowest BCUT2D eigenvalue weighted by molar-refractivity contribution is -0.140. The molecule has 7 nitrogen and oxygen atoms in total. The van der Waals surface area contributed by atoms with E-state index in [0.29, 0.717) is 24.9 Å². The number of carbonyl (C=O) groups excluding carboxylic acids is 1. The molecule has 1 saturated heterocycles. The standard InChI is InChI=1S/C24H50O7Si3/c1-9-10-18-34(8,19-12-13-26-15-16-28-24(25)22(2)3)31-33(6,7)30-32(4,5)17-11-14-27-20-23-21-29-23/h23H,2,9-21H2,1,3-8H3. The van der Waals surface area contributed by atoms with Crippen molar-refractivity contribution in [3.8, 4) is 0 Å². The molecule has 0 spiro atoms. The van der Waals surface area contributed by atoms with E-state index in [1.54, 1.807) is 6.92 Å². The lowest BCUT2D eigenvalue weighted by atomic mass is 10.4. The zero-order valence-corrected chi connectivity index (χ0v) is 25.8. The first-order valence-electron chi connectivity index (χ1n) is 12.9. The second-order valence-corrected chi connectivity index (χ2v) is 23.0. The zero-order valence-electron chi connectivity index (χ0n) is 22.8. The third-order valence-electron chi connectivity index (χ3n) is 5.65. The summed E-state index contributed by atoms with van der Waals surface area (Å²) in [6, 6.07) is 3.28. The summed E-state index contributed by atoms with van der Waals surface area (Å²) in [7, 11) is -5.99. The van der Waals surface area contributed by atoms with Gasteiger partial charge in [-0.25, -0.2) is 4.79 Å². The van der Waals surface area contributed by atoms with E-state index in [-0.39, 0.29) is 12.6 Å². The average molecular weight is 535 g/mol. The van der Waals surface area contributed by atoms with Crippen LogP contribution in [-0.2, 0) is 32.0 Å². The van der Waals surface area contributed by atoms with E-state index < -0.39 is 25.2 Å². The Hall–Kier alpha value is -0.339. The molecule has 2 atom stereocenters. The second-order valence-electron chi connectivity index (χ2n) is 10.7. The molecule has 0 aromatic heterocycles. The van der Waals surface area contributed by atoms with E-state index in [9.17, 15) is 4.79 Å². The van der Waals surface area contributed by atoms with Crippen molar-refractivity contribution in [1.82, 2.24) is 0 Å². The van der Waals surface area contributed by atoms with Crippen LogP contribution in [0.2, 0.25) is 50.9 Å². The van der Waals surface area contributed by atoms with Gasteiger partial charge >= 0.3 is 14.5 Å². The van der Waals surface area contributed by atoms with Crippen molar-refractivity contribution in [3.05, 3.63) is 12.2 Å². The van der Waals surface area contributed by atoms with E-state index >= 15 is 0 Å². The number of carbonyl (C=O) groups is 1. The molecule has 1 heterocycles. The van der Waals surface area contributed by atoms with Gasteiger partial charge in [0.1, 0.15) is 12.7 Å². The number of esters is 1. The first-order valence-corrected chi connectivity index (χ1v) is 21.6. The molecule has 0 bridgehead atoms. The Labute approximate surface area is 211 Å². The van der Waals surface area contributed by atoms with E-state index in [1.807, 2.05) is 0 Å². The van der Waals surface area contributed by atoms with Gasteiger partial charge in [-0.2, -0.15) is 0 Å². The quantitative estimate of drug-likeness (QED) is 0.0620. The Morgan fingerprint density at radius 3 is 2.15 bits per heavy atom. The SMILES string of the molecule is C=C(C)C(=O)OCCOCCC[Si](C)(CCCC)O[Si](C)(C)O[Si](C)(C)CCCOCC1CO1. The molecule has 0 radical (unpaired) electrons. The predicted molar refractivity (Wildman–Crippen MR) is 144 cm³/mol. The van der Waals surface area contributed by atoms with Crippen LogP contribution >= 0.6 is 0 Å². The summed E-state index contributed by atoms with van der Waals surface area (Å²) in [4.78, 5) is 11.4. The Morgan fingerprint density at radius 1 is 0.912 bits per heavy atom. The lowest BCUT2D eigenvalue weighted by Gasteiger charge is -2.40. The highest BCUT2D eigenvalue weighted by atomic mass is 28.5. The fourth-order valence-corrected chi connectivity index (χ4v) is 19.1. The summed E-state index contributed by atoms with van der Waals surface area (Å²) in [6.45, 7) is 22.5. The third-order valence-corrected chi connectivity index (χ3v) is 18.1. The van der Waals surface area contributed by atoms with Gasteiger partial charge < -0.3 is 27.2 Å². The zero-order chi connectivity index (χ0) is 25.7.